The van der Waals surface area contributed by atoms with Crippen molar-refractivity contribution in [1.29, 1.82) is 0 Å². The van der Waals surface area contributed by atoms with E-state index in [1.165, 1.54) is 0 Å². The molecule has 1 aromatic rings. The molecule has 0 radical (unpaired) electrons. The number of nitrogens with zero attached hydrogens (tertiary/aromatic N) is 3. The van der Waals surface area contributed by atoms with Crippen LogP contribution in [-0.4, -0.2) is 41.3 Å². The third-order valence-corrected chi connectivity index (χ3v) is 3.35. The Kier molecular flexibility index (Phi) is 5.30. The summed E-state index contributed by atoms with van der Waals surface area (Å²) in [5, 5.41) is 4.02. The molecule has 1 aliphatic rings. The maximum Gasteiger partial charge on any atom is 0.243 e. The second-order valence-electron chi connectivity index (χ2n) is 5.05. The van der Waals surface area contributed by atoms with Gasteiger partial charge in [-0.1, -0.05) is 25.4 Å². The van der Waals surface area contributed by atoms with Crippen LogP contribution in [0, 0.1) is 0 Å². The van der Waals surface area contributed by atoms with Crippen molar-refractivity contribution in [3.8, 4) is 0 Å². The van der Waals surface area contributed by atoms with E-state index in [9.17, 15) is 0 Å². The zero-order chi connectivity index (χ0) is 13.7. The molecule has 0 amide bonds. The zero-order valence-corrected chi connectivity index (χ0v) is 11.8. The number of nitrogens with two attached hydrogens (primary N) is 1. The number of rotatable bonds is 6. The molecular formula is C13H24N4O2. The van der Waals surface area contributed by atoms with Gasteiger partial charge in [0.15, 0.2) is 0 Å². The highest BCUT2D eigenvalue weighted by Gasteiger charge is 2.26. The Balaban J connectivity index is 1.97. The fourth-order valence-corrected chi connectivity index (χ4v) is 2.34. The van der Waals surface area contributed by atoms with Crippen LogP contribution in [0.15, 0.2) is 4.52 Å². The minimum Gasteiger partial charge on any atom is -0.367 e. The minimum atomic E-state index is -0.165. The molecule has 1 unspecified atom stereocenters. The summed E-state index contributed by atoms with van der Waals surface area (Å²) < 4.78 is 11.0. The predicted molar refractivity (Wildman–Crippen MR) is 71.6 cm³/mol. The molecule has 2 N–H and O–H groups in total. The predicted octanol–water partition coefficient (Wildman–Crippen LogP) is 1.65. The Bertz CT molecular complexity index is 380. The zero-order valence-electron chi connectivity index (χ0n) is 11.8. The smallest absolute Gasteiger partial charge is 0.243 e. The van der Waals surface area contributed by atoms with E-state index in [0.29, 0.717) is 11.7 Å². The molecule has 0 aliphatic carbocycles. The molecule has 108 valence electrons. The molecule has 1 aliphatic heterocycles. The highest BCUT2D eigenvalue weighted by molar-refractivity contribution is 4.97. The number of ether oxygens (including phenoxy) is 1. The Morgan fingerprint density at radius 1 is 1.42 bits per heavy atom. The Morgan fingerprint density at radius 3 is 3.00 bits per heavy atom. The van der Waals surface area contributed by atoms with Crippen LogP contribution < -0.4 is 5.73 Å². The molecule has 0 saturated carbocycles. The summed E-state index contributed by atoms with van der Waals surface area (Å²) in [4.78, 5) is 6.76. The van der Waals surface area contributed by atoms with Gasteiger partial charge in [-0.15, -0.1) is 0 Å². The summed E-state index contributed by atoms with van der Waals surface area (Å²) in [6.07, 6.45) is 2.91. The van der Waals surface area contributed by atoms with Crippen LogP contribution in [0.5, 0.6) is 0 Å². The second kappa shape index (κ2) is 6.98. The molecule has 6 nitrogen and oxygen atoms in total. The maximum atomic E-state index is 5.98. The summed E-state index contributed by atoms with van der Waals surface area (Å²) in [5.74, 6) is 1.15. The van der Waals surface area contributed by atoms with E-state index in [0.717, 1.165) is 45.5 Å². The van der Waals surface area contributed by atoms with E-state index < -0.39 is 0 Å². The fourth-order valence-electron chi connectivity index (χ4n) is 2.34. The highest BCUT2D eigenvalue weighted by Crippen LogP contribution is 2.22. The Labute approximate surface area is 114 Å². The molecule has 19 heavy (non-hydrogen) atoms. The molecule has 0 bridgehead atoms. The van der Waals surface area contributed by atoms with Crippen LogP contribution in [0.2, 0.25) is 0 Å². The van der Waals surface area contributed by atoms with Gasteiger partial charge in [0.05, 0.1) is 12.6 Å². The summed E-state index contributed by atoms with van der Waals surface area (Å²) in [6.45, 7) is 7.88. The first-order valence-corrected chi connectivity index (χ1v) is 7.17. The van der Waals surface area contributed by atoms with Crippen molar-refractivity contribution in [1.82, 2.24) is 15.0 Å². The second-order valence-corrected chi connectivity index (χ2v) is 5.05. The monoisotopic (exact) mass is 268 g/mol. The largest absolute Gasteiger partial charge is 0.367 e. The van der Waals surface area contributed by atoms with Crippen LogP contribution in [0.4, 0.5) is 0 Å². The molecule has 2 atom stereocenters. The standard InChI is InChI=1S/C13H24N4O2/c1-3-5-10(14)13-15-12(16-19-13)11-9-17(6-4-2)7-8-18-11/h10-11H,3-9,14H2,1-2H3/t10-,11?/m1/s1. The number of hydrogen-bond acceptors (Lipinski definition) is 6. The average Bonchev–Trinajstić information content (AvgIpc) is 2.89. The van der Waals surface area contributed by atoms with Gasteiger partial charge in [-0.05, 0) is 19.4 Å². The van der Waals surface area contributed by atoms with Crippen LogP contribution in [-0.2, 0) is 4.74 Å². The molecule has 0 spiro atoms. The molecule has 0 aromatic carbocycles. The molecule has 2 heterocycles. The summed E-state index contributed by atoms with van der Waals surface area (Å²) in [5.41, 5.74) is 5.98. The van der Waals surface area contributed by atoms with Crippen molar-refractivity contribution in [2.24, 2.45) is 5.73 Å². The van der Waals surface area contributed by atoms with E-state index in [2.05, 4.69) is 28.9 Å². The van der Waals surface area contributed by atoms with E-state index in [4.69, 9.17) is 15.0 Å². The van der Waals surface area contributed by atoms with Crippen LogP contribution in [0.25, 0.3) is 0 Å². The van der Waals surface area contributed by atoms with Crippen LogP contribution in [0.3, 0.4) is 0 Å². The van der Waals surface area contributed by atoms with Crippen molar-refractivity contribution in [3.63, 3.8) is 0 Å². The molecular weight excluding hydrogens is 244 g/mol. The van der Waals surface area contributed by atoms with Gasteiger partial charge in [0.1, 0.15) is 6.10 Å². The topological polar surface area (TPSA) is 77.4 Å². The van der Waals surface area contributed by atoms with Gasteiger partial charge in [0.25, 0.3) is 0 Å². The first-order valence-electron chi connectivity index (χ1n) is 7.17. The van der Waals surface area contributed by atoms with Gasteiger partial charge in [0.2, 0.25) is 11.7 Å². The van der Waals surface area contributed by atoms with E-state index in [-0.39, 0.29) is 12.1 Å². The average molecular weight is 268 g/mol. The number of aromatic nitrogens is 2. The molecule has 1 saturated heterocycles. The lowest BCUT2D eigenvalue weighted by molar-refractivity contribution is -0.0350. The molecule has 1 aromatic heterocycles. The summed E-state index contributed by atoms with van der Waals surface area (Å²) in [7, 11) is 0. The van der Waals surface area contributed by atoms with Crippen LogP contribution >= 0.6 is 0 Å². The number of morpholine rings is 1. The van der Waals surface area contributed by atoms with Gasteiger partial charge < -0.3 is 15.0 Å². The SMILES string of the molecule is CCC[C@@H](N)c1nc(C2CN(CCC)CCO2)no1. The van der Waals surface area contributed by atoms with Crippen molar-refractivity contribution in [2.75, 3.05) is 26.2 Å². The minimum absolute atomic E-state index is 0.0911. The van der Waals surface area contributed by atoms with Crippen molar-refractivity contribution in [2.45, 2.75) is 45.3 Å². The van der Waals surface area contributed by atoms with E-state index in [1.807, 2.05) is 0 Å². The highest BCUT2D eigenvalue weighted by atomic mass is 16.5. The third kappa shape index (κ3) is 3.75. The molecule has 6 heteroatoms. The van der Waals surface area contributed by atoms with Gasteiger partial charge in [-0.25, -0.2) is 0 Å². The molecule has 1 fully saturated rings. The van der Waals surface area contributed by atoms with E-state index in [1.54, 1.807) is 0 Å². The van der Waals surface area contributed by atoms with Gasteiger partial charge in [0, 0.05) is 13.1 Å². The lowest BCUT2D eigenvalue weighted by atomic mass is 10.2. The van der Waals surface area contributed by atoms with E-state index >= 15 is 0 Å². The maximum absolute atomic E-state index is 5.98. The van der Waals surface area contributed by atoms with Crippen molar-refractivity contribution >= 4 is 0 Å². The summed E-state index contributed by atoms with van der Waals surface area (Å²) >= 11 is 0. The lowest BCUT2D eigenvalue weighted by Gasteiger charge is -2.30. The quantitative estimate of drug-likeness (QED) is 0.845. The van der Waals surface area contributed by atoms with Gasteiger partial charge in [-0.3, -0.25) is 4.90 Å². The normalized spacial score (nSPS) is 22.6. The summed E-state index contributed by atoms with van der Waals surface area (Å²) in [6, 6.07) is -0.165. The van der Waals surface area contributed by atoms with Crippen molar-refractivity contribution < 1.29 is 9.26 Å². The first-order chi connectivity index (χ1) is 9.24. The Hall–Kier alpha value is -0.980. The van der Waals surface area contributed by atoms with Crippen molar-refractivity contribution in [3.05, 3.63) is 11.7 Å². The number of hydrogen-bond donors (Lipinski definition) is 1. The Morgan fingerprint density at radius 2 is 2.26 bits per heavy atom. The molecule has 2 rings (SSSR count). The fraction of sp³-hybridized carbons (Fsp3) is 0.846. The van der Waals surface area contributed by atoms with Gasteiger partial charge >= 0.3 is 0 Å². The lowest BCUT2D eigenvalue weighted by Crippen LogP contribution is -2.39. The first kappa shape index (κ1) is 14.4. The van der Waals surface area contributed by atoms with Gasteiger partial charge in [-0.2, -0.15) is 4.98 Å². The third-order valence-electron chi connectivity index (χ3n) is 3.35. The van der Waals surface area contributed by atoms with Crippen LogP contribution in [0.1, 0.15) is 57.0 Å².